The topological polar surface area (TPSA) is 59.1 Å². The fourth-order valence-corrected chi connectivity index (χ4v) is 2.47. The Hall–Kier alpha value is -2.24. The predicted molar refractivity (Wildman–Crippen MR) is 86.5 cm³/mol. The van der Waals surface area contributed by atoms with Crippen LogP contribution in [0.15, 0.2) is 24.3 Å². The third-order valence-electron chi connectivity index (χ3n) is 3.89. The van der Waals surface area contributed by atoms with Crippen LogP contribution in [0.4, 0.5) is 4.79 Å². The van der Waals surface area contributed by atoms with E-state index in [1.165, 1.54) is 12.7 Å². The number of piperazine rings is 1. The minimum Gasteiger partial charge on any atom is -0.494 e. The lowest BCUT2D eigenvalue weighted by molar-refractivity contribution is -0.133. The van der Waals surface area contributed by atoms with Crippen molar-refractivity contribution in [3.8, 4) is 5.75 Å². The van der Waals surface area contributed by atoms with Crippen molar-refractivity contribution in [1.82, 2.24) is 9.80 Å². The summed E-state index contributed by atoms with van der Waals surface area (Å²) in [6, 6.07) is 7.87. The van der Waals surface area contributed by atoms with Gasteiger partial charge in [0, 0.05) is 32.6 Å². The number of hydrogen-bond donors (Lipinski definition) is 0. The Labute approximate surface area is 137 Å². The van der Waals surface area contributed by atoms with Gasteiger partial charge in [-0.2, -0.15) is 0 Å². The lowest BCUT2D eigenvalue weighted by Gasteiger charge is -2.33. The molecule has 6 nitrogen and oxygen atoms in total. The van der Waals surface area contributed by atoms with E-state index in [2.05, 4.69) is 4.74 Å². The van der Waals surface area contributed by atoms with Crippen molar-refractivity contribution in [2.24, 2.45) is 0 Å². The van der Waals surface area contributed by atoms with Gasteiger partial charge in [-0.25, -0.2) is 4.79 Å². The summed E-state index contributed by atoms with van der Waals surface area (Å²) < 4.78 is 10.3. The summed E-state index contributed by atoms with van der Waals surface area (Å²) in [5.74, 6) is 0.941. The van der Waals surface area contributed by atoms with E-state index in [4.69, 9.17) is 4.74 Å². The number of benzene rings is 1. The Kier molecular flexibility index (Phi) is 6.26. The number of rotatable bonds is 5. The smallest absolute Gasteiger partial charge is 0.409 e. The Bertz CT molecular complexity index is 522. The third kappa shape index (κ3) is 5.16. The van der Waals surface area contributed by atoms with Crippen molar-refractivity contribution in [1.29, 1.82) is 0 Å². The molecule has 0 radical (unpaired) electrons. The summed E-state index contributed by atoms with van der Waals surface area (Å²) in [6.07, 6.45) is 0.817. The second-order valence-electron chi connectivity index (χ2n) is 5.60. The van der Waals surface area contributed by atoms with Crippen LogP contribution >= 0.6 is 0 Å². The normalized spacial score (nSPS) is 14.5. The highest BCUT2D eigenvalue weighted by Gasteiger charge is 2.23. The molecular formula is C17H24N2O4. The Morgan fingerprint density at radius 1 is 1.04 bits per heavy atom. The molecule has 126 valence electrons. The van der Waals surface area contributed by atoms with Crippen molar-refractivity contribution in [2.75, 3.05) is 39.9 Å². The number of aryl methyl sites for hydroxylation is 1. The van der Waals surface area contributed by atoms with Gasteiger partial charge in [-0.15, -0.1) is 0 Å². The zero-order valence-electron chi connectivity index (χ0n) is 13.8. The summed E-state index contributed by atoms with van der Waals surface area (Å²) in [5.41, 5.74) is 1.19. The van der Waals surface area contributed by atoms with E-state index in [9.17, 15) is 9.59 Å². The van der Waals surface area contributed by atoms with Gasteiger partial charge in [0.25, 0.3) is 0 Å². The van der Waals surface area contributed by atoms with Gasteiger partial charge in [-0.05, 0) is 25.5 Å². The highest BCUT2D eigenvalue weighted by atomic mass is 16.5. The molecule has 0 aromatic heterocycles. The predicted octanol–water partition coefficient (Wildman–Crippen LogP) is 2.06. The van der Waals surface area contributed by atoms with Gasteiger partial charge in [0.1, 0.15) is 5.75 Å². The summed E-state index contributed by atoms with van der Waals surface area (Å²) >= 11 is 0. The van der Waals surface area contributed by atoms with Crippen LogP contribution in [0.3, 0.4) is 0 Å². The first-order chi connectivity index (χ1) is 11.1. The van der Waals surface area contributed by atoms with E-state index in [1.807, 2.05) is 31.2 Å². The molecule has 0 N–H and O–H groups in total. The van der Waals surface area contributed by atoms with E-state index < -0.39 is 0 Å². The van der Waals surface area contributed by atoms with Gasteiger partial charge in [-0.3, -0.25) is 4.79 Å². The fourth-order valence-electron chi connectivity index (χ4n) is 2.47. The molecule has 1 aromatic rings. The average molecular weight is 320 g/mol. The van der Waals surface area contributed by atoms with Crippen molar-refractivity contribution < 1.29 is 19.1 Å². The van der Waals surface area contributed by atoms with Gasteiger partial charge in [0.15, 0.2) is 0 Å². The van der Waals surface area contributed by atoms with Gasteiger partial charge >= 0.3 is 6.09 Å². The molecule has 0 bridgehead atoms. The van der Waals surface area contributed by atoms with E-state index in [0.29, 0.717) is 45.6 Å². The molecule has 2 rings (SSSR count). The summed E-state index contributed by atoms with van der Waals surface area (Å²) in [7, 11) is 1.37. The molecule has 0 spiro atoms. The van der Waals surface area contributed by atoms with Crippen LogP contribution in [0.25, 0.3) is 0 Å². The SMILES string of the molecule is COC(=O)N1CCN(C(=O)CCCOc2ccc(C)cc2)CC1. The maximum atomic E-state index is 12.1. The van der Waals surface area contributed by atoms with Crippen LogP contribution < -0.4 is 4.74 Å². The molecule has 1 heterocycles. The van der Waals surface area contributed by atoms with Crippen molar-refractivity contribution in [3.05, 3.63) is 29.8 Å². The molecular weight excluding hydrogens is 296 g/mol. The first-order valence-corrected chi connectivity index (χ1v) is 7.90. The summed E-state index contributed by atoms with van der Waals surface area (Å²) in [5, 5.41) is 0. The molecule has 1 saturated heterocycles. The summed E-state index contributed by atoms with van der Waals surface area (Å²) in [6.45, 7) is 4.73. The number of nitrogens with zero attached hydrogens (tertiary/aromatic N) is 2. The highest BCUT2D eigenvalue weighted by Crippen LogP contribution is 2.12. The van der Waals surface area contributed by atoms with Crippen molar-refractivity contribution in [3.63, 3.8) is 0 Å². The standard InChI is InChI=1S/C17H24N2O4/c1-14-5-7-15(8-6-14)23-13-3-4-16(20)18-9-11-19(12-10-18)17(21)22-2/h5-8H,3-4,9-13H2,1-2H3. The number of methoxy groups -OCH3 is 1. The minimum absolute atomic E-state index is 0.113. The summed E-state index contributed by atoms with van der Waals surface area (Å²) in [4.78, 5) is 26.9. The first kappa shape index (κ1) is 17.1. The monoisotopic (exact) mass is 320 g/mol. The van der Waals surface area contributed by atoms with Crippen LogP contribution in [0.5, 0.6) is 5.75 Å². The fraction of sp³-hybridized carbons (Fsp3) is 0.529. The highest BCUT2D eigenvalue weighted by molar-refractivity contribution is 5.76. The zero-order valence-corrected chi connectivity index (χ0v) is 13.8. The van der Waals surface area contributed by atoms with Crippen LogP contribution in [-0.2, 0) is 9.53 Å². The molecule has 0 unspecified atom stereocenters. The quantitative estimate of drug-likeness (QED) is 0.779. The molecule has 0 atom stereocenters. The number of amides is 2. The second-order valence-corrected chi connectivity index (χ2v) is 5.60. The van der Waals surface area contributed by atoms with Crippen molar-refractivity contribution >= 4 is 12.0 Å². The van der Waals surface area contributed by atoms with E-state index in [1.54, 1.807) is 9.80 Å². The Balaban J connectivity index is 1.64. The molecule has 2 amide bonds. The Morgan fingerprint density at radius 3 is 2.26 bits per heavy atom. The van der Waals surface area contributed by atoms with Crippen LogP contribution in [-0.4, -0.2) is 61.7 Å². The second kappa shape index (κ2) is 8.41. The molecule has 1 aliphatic rings. The number of hydrogen-bond acceptors (Lipinski definition) is 4. The van der Waals surface area contributed by atoms with Crippen LogP contribution in [0.1, 0.15) is 18.4 Å². The molecule has 6 heteroatoms. The Morgan fingerprint density at radius 2 is 1.65 bits per heavy atom. The number of carbonyl (C=O) groups excluding carboxylic acids is 2. The average Bonchev–Trinajstić information content (AvgIpc) is 2.59. The van der Waals surface area contributed by atoms with E-state index in [0.717, 1.165) is 5.75 Å². The molecule has 1 aliphatic heterocycles. The third-order valence-corrected chi connectivity index (χ3v) is 3.89. The number of ether oxygens (including phenoxy) is 2. The van der Waals surface area contributed by atoms with Crippen LogP contribution in [0, 0.1) is 6.92 Å². The van der Waals surface area contributed by atoms with Crippen molar-refractivity contribution in [2.45, 2.75) is 19.8 Å². The first-order valence-electron chi connectivity index (χ1n) is 7.90. The van der Waals surface area contributed by atoms with E-state index in [-0.39, 0.29) is 12.0 Å². The maximum Gasteiger partial charge on any atom is 0.409 e. The number of carbonyl (C=O) groups is 2. The maximum absolute atomic E-state index is 12.1. The largest absolute Gasteiger partial charge is 0.494 e. The van der Waals surface area contributed by atoms with E-state index >= 15 is 0 Å². The van der Waals surface area contributed by atoms with Crippen LogP contribution in [0.2, 0.25) is 0 Å². The van der Waals surface area contributed by atoms with Gasteiger partial charge in [-0.1, -0.05) is 17.7 Å². The van der Waals surface area contributed by atoms with Gasteiger partial charge in [0.05, 0.1) is 13.7 Å². The minimum atomic E-state index is -0.330. The lowest BCUT2D eigenvalue weighted by atomic mass is 10.2. The molecule has 1 fully saturated rings. The molecule has 23 heavy (non-hydrogen) atoms. The van der Waals surface area contributed by atoms with Gasteiger partial charge in [0.2, 0.25) is 5.91 Å². The zero-order chi connectivity index (χ0) is 16.7. The van der Waals surface area contributed by atoms with Gasteiger partial charge < -0.3 is 19.3 Å². The molecule has 0 aliphatic carbocycles. The lowest BCUT2D eigenvalue weighted by Crippen LogP contribution is -2.50. The molecule has 0 saturated carbocycles. The molecule has 1 aromatic carbocycles.